The maximum absolute atomic E-state index is 13.0. The molecule has 0 radical (unpaired) electrons. The van der Waals surface area contributed by atoms with E-state index in [0.29, 0.717) is 19.6 Å². The molecule has 23 heavy (non-hydrogen) atoms. The van der Waals surface area contributed by atoms with Crippen molar-refractivity contribution in [1.82, 2.24) is 9.80 Å². The first-order chi connectivity index (χ1) is 11.2. The third kappa shape index (κ3) is 3.26. The number of rotatable bonds is 3. The zero-order valence-corrected chi connectivity index (χ0v) is 13.2. The topological polar surface area (TPSA) is 40.6 Å². The summed E-state index contributed by atoms with van der Waals surface area (Å²) in [6, 6.07) is 18.9. The van der Waals surface area contributed by atoms with Crippen LogP contribution in [0.3, 0.4) is 0 Å². The predicted octanol–water partition coefficient (Wildman–Crippen LogP) is 2.62. The maximum atomic E-state index is 13.0. The van der Waals surface area contributed by atoms with E-state index in [-0.39, 0.29) is 11.8 Å². The van der Waals surface area contributed by atoms with Gasteiger partial charge in [-0.05, 0) is 11.1 Å². The number of hydrogen-bond donors (Lipinski definition) is 0. The van der Waals surface area contributed by atoms with Crippen molar-refractivity contribution >= 4 is 11.8 Å². The Balaban J connectivity index is 1.87. The van der Waals surface area contributed by atoms with Gasteiger partial charge in [-0.3, -0.25) is 9.59 Å². The number of carbonyl (C=O) groups is 2. The van der Waals surface area contributed by atoms with Crippen LogP contribution >= 0.6 is 0 Å². The van der Waals surface area contributed by atoms with Gasteiger partial charge in [-0.1, -0.05) is 60.7 Å². The molecule has 1 aliphatic heterocycles. The van der Waals surface area contributed by atoms with Crippen LogP contribution in [0.1, 0.15) is 24.1 Å². The quantitative estimate of drug-likeness (QED) is 0.874. The molecule has 0 unspecified atom stereocenters. The minimum absolute atomic E-state index is 0.0125. The molecule has 3 rings (SSSR count). The van der Waals surface area contributed by atoms with E-state index in [2.05, 4.69) is 0 Å². The van der Waals surface area contributed by atoms with E-state index in [9.17, 15) is 9.59 Å². The lowest BCUT2D eigenvalue weighted by atomic mass is 10.0. The van der Waals surface area contributed by atoms with Crippen molar-refractivity contribution in [1.29, 1.82) is 0 Å². The van der Waals surface area contributed by atoms with Crippen molar-refractivity contribution in [2.45, 2.75) is 19.5 Å². The van der Waals surface area contributed by atoms with Crippen LogP contribution in [0.15, 0.2) is 60.7 Å². The lowest BCUT2D eigenvalue weighted by Crippen LogP contribution is -2.53. The van der Waals surface area contributed by atoms with Gasteiger partial charge in [0.2, 0.25) is 11.8 Å². The molecule has 0 spiro atoms. The molecule has 1 fully saturated rings. The molecule has 4 nitrogen and oxygen atoms in total. The summed E-state index contributed by atoms with van der Waals surface area (Å²) >= 11 is 0. The SMILES string of the molecule is CC(=O)N1CCN(Cc2ccccc2)C(=O)[C@@H]1c1ccccc1. The number of piperazine rings is 1. The summed E-state index contributed by atoms with van der Waals surface area (Å²) < 4.78 is 0. The first-order valence-corrected chi connectivity index (χ1v) is 7.81. The Morgan fingerprint density at radius 1 is 1.00 bits per heavy atom. The lowest BCUT2D eigenvalue weighted by Gasteiger charge is -2.40. The van der Waals surface area contributed by atoms with Crippen LogP contribution in [0.4, 0.5) is 0 Å². The molecule has 0 saturated carbocycles. The van der Waals surface area contributed by atoms with Gasteiger partial charge in [0.05, 0.1) is 0 Å². The smallest absolute Gasteiger partial charge is 0.250 e. The van der Waals surface area contributed by atoms with Crippen LogP contribution in [-0.2, 0) is 16.1 Å². The van der Waals surface area contributed by atoms with Crippen molar-refractivity contribution in [2.24, 2.45) is 0 Å². The van der Waals surface area contributed by atoms with E-state index in [1.807, 2.05) is 65.6 Å². The molecule has 2 aromatic carbocycles. The normalized spacial score (nSPS) is 18.1. The number of benzene rings is 2. The summed E-state index contributed by atoms with van der Waals surface area (Å²) in [5.41, 5.74) is 1.97. The fourth-order valence-corrected chi connectivity index (χ4v) is 3.03. The third-order valence-electron chi connectivity index (χ3n) is 4.20. The largest absolute Gasteiger partial charge is 0.334 e. The Kier molecular flexibility index (Phi) is 4.42. The van der Waals surface area contributed by atoms with E-state index in [1.165, 1.54) is 6.92 Å². The zero-order chi connectivity index (χ0) is 16.2. The summed E-state index contributed by atoms with van der Waals surface area (Å²) in [6.07, 6.45) is 0. The average molecular weight is 308 g/mol. The number of amides is 2. The van der Waals surface area contributed by atoms with Gasteiger partial charge in [0.25, 0.3) is 0 Å². The molecule has 1 heterocycles. The fraction of sp³-hybridized carbons (Fsp3) is 0.263. The van der Waals surface area contributed by atoms with Crippen molar-refractivity contribution in [3.63, 3.8) is 0 Å². The molecule has 1 saturated heterocycles. The molecule has 1 atom stereocenters. The van der Waals surface area contributed by atoms with Crippen molar-refractivity contribution in [2.75, 3.05) is 13.1 Å². The zero-order valence-electron chi connectivity index (χ0n) is 13.2. The molecule has 2 aromatic rings. The second-order valence-corrected chi connectivity index (χ2v) is 5.77. The van der Waals surface area contributed by atoms with Gasteiger partial charge in [0.15, 0.2) is 0 Å². The van der Waals surface area contributed by atoms with E-state index < -0.39 is 6.04 Å². The maximum Gasteiger partial charge on any atom is 0.250 e. The summed E-state index contributed by atoms with van der Waals surface area (Å²) in [7, 11) is 0. The predicted molar refractivity (Wildman–Crippen MR) is 88.4 cm³/mol. The molecule has 0 aromatic heterocycles. The van der Waals surface area contributed by atoms with Crippen LogP contribution in [0, 0.1) is 0 Å². The Morgan fingerprint density at radius 3 is 2.22 bits per heavy atom. The Labute approximate surface area is 136 Å². The van der Waals surface area contributed by atoms with Crippen molar-refractivity contribution in [3.05, 3.63) is 71.8 Å². The number of carbonyl (C=O) groups excluding carboxylic acids is 2. The Hall–Kier alpha value is -2.62. The molecule has 118 valence electrons. The summed E-state index contributed by atoms with van der Waals surface area (Å²) in [5.74, 6) is -0.0759. The number of hydrogen-bond acceptors (Lipinski definition) is 2. The second-order valence-electron chi connectivity index (χ2n) is 5.77. The van der Waals surface area contributed by atoms with Gasteiger partial charge in [-0.25, -0.2) is 0 Å². The highest BCUT2D eigenvalue weighted by Crippen LogP contribution is 2.27. The van der Waals surface area contributed by atoms with Crippen molar-refractivity contribution in [3.8, 4) is 0 Å². The second kappa shape index (κ2) is 6.65. The van der Waals surface area contributed by atoms with Gasteiger partial charge >= 0.3 is 0 Å². The van der Waals surface area contributed by atoms with Gasteiger partial charge in [-0.15, -0.1) is 0 Å². The van der Waals surface area contributed by atoms with Crippen LogP contribution < -0.4 is 0 Å². The lowest BCUT2D eigenvalue weighted by molar-refractivity contribution is -0.151. The average Bonchev–Trinajstić information content (AvgIpc) is 2.58. The summed E-state index contributed by atoms with van der Waals surface area (Å²) in [5, 5.41) is 0. The first-order valence-electron chi connectivity index (χ1n) is 7.81. The monoisotopic (exact) mass is 308 g/mol. The highest BCUT2D eigenvalue weighted by molar-refractivity contribution is 5.89. The molecular formula is C19H20N2O2. The standard InChI is InChI=1S/C19H20N2O2/c1-15(22)21-13-12-20(14-16-8-4-2-5-9-16)19(23)18(21)17-10-6-3-7-11-17/h2-11,18H,12-14H2,1H3/t18-/m0/s1. The Bertz CT molecular complexity index is 685. The van der Waals surface area contributed by atoms with Gasteiger partial charge in [0.1, 0.15) is 6.04 Å². The molecule has 0 bridgehead atoms. The molecule has 4 heteroatoms. The van der Waals surface area contributed by atoms with E-state index >= 15 is 0 Å². The summed E-state index contributed by atoms with van der Waals surface area (Å²) in [4.78, 5) is 28.4. The van der Waals surface area contributed by atoms with Gasteiger partial charge in [-0.2, -0.15) is 0 Å². The van der Waals surface area contributed by atoms with E-state index in [4.69, 9.17) is 0 Å². The van der Waals surface area contributed by atoms with Crippen LogP contribution in [0.5, 0.6) is 0 Å². The number of nitrogens with zero attached hydrogens (tertiary/aromatic N) is 2. The minimum Gasteiger partial charge on any atom is -0.334 e. The fourth-order valence-electron chi connectivity index (χ4n) is 3.03. The Morgan fingerprint density at radius 2 is 1.61 bits per heavy atom. The molecule has 0 N–H and O–H groups in total. The first kappa shape index (κ1) is 15.3. The minimum atomic E-state index is -0.522. The van der Waals surface area contributed by atoms with Gasteiger partial charge in [0, 0.05) is 26.6 Å². The van der Waals surface area contributed by atoms with Crippen LogP contribution in [-0.4, -0.2) is 34.7 Å². The van der Waals surface area contributed by atoms with E-state index in [0.717, 1.165) is 11.1 Å². The van der Waals surface area contributed by atoms with E-state index in [1.54, 1.807) is 4.90 Å². The van der Waals surface area contributed by atoms with Crippen molar-refractivity contribution < 1.29 is 9.59 Å². The highest BCUT2D eigenvalue weighted by atomic mass is 16.2. The third-order valence-corrected chi connectivity index (χ3v) is 4.20. The van der Waals surface area contributed by atoms with Crippen LogP contribution in [0.2, 0.25) is 0 Å². The van der Waals surface area contributed by atoms with Crippen LogP contribution in [0.25, 0.3) is 0 Å². The molecule has 1 aliphatic rings. The molecular weight excluding hydrogens is 288 g/mol. The molecule has 0 aliphatic carbocycles. The highest BCUT2D eigenvalue weighted by Gasteiger charge is 2.37. The molecule has 2 amide bonds. The summed E-state index contributed by atoms with van der Waals surface area (Å²) in [6.45, 7) is 3.23. The van der Waals surface area contributed by atoms with Gasteiger partial charge < -0.3 is 9.80 Å².